The van der Waals surface area contributed by atoms with E-state index >= 15 is 0 Å². The molecule has 0 atom stereocenters. The fourth-order valence-corrected chi connectivity index (χ4v) is 4.93. The van der Waals surface area contributed by atoms with Crippen LogP contribution in [0, 0.1) is 0 Å². The highest BCUT2D eigenvalue weighted by Gasteiger charge is 2.28. The van der Waals surface area contributed by atoms with E-state index in [0.717, 1.165) is 48.5 Å². The lowest BCUT2D eigenvalue weighted by molar-refractivity contribution is 0.0240. The molecule has 40 heavy (non-hydrogen) atoms. The Kier molecular flexibility index (Phi) is 8.16. The van der Waals surface area contributed by atoms with Crippen LogP contribution in [0.3, 0.4) is 0 Å². The molecule has 10 heteroatoms. The Morgan fingerprint density at radius 1 is 0.875 bits per heavy atom. The molecular formula is C30H40N6O4. The minimum Gasteiger partial charge on any atom is -0.493 e. The van der Waals surface area contributed by atoms with E-state index in [1.54, 1.807) is 12.0 Å². The van der Waals surface area contributed by atoms with Gasteiger partial charge in [-0.2, -0.15) is 4.98 Å². The van der Waals surface area contributed by atoms with Crippen molar-refractivity contribution in [3.05, 3.63) is 48.0 Å². The first-order valence-electron chi connectivity index (χ1n) is 13.9. The summed E-state index contributed by atoms with van der Waals surface area (Å²) in [4.78, 5) is 31.3. The molecule has 0 bridgehead atoms. The maximum absolute atomic E-state index is 12.7. The smallest absolute Gasteiger partial charge is 0.410 e. The van der Waals surface area contributed by atoms with E-state index in [9.17, 15) is 4.79 Å². The molecule has 0 N–H and O–H groups in total. The van der Waals surface area contributed by atoms with Gasteiger partial charge in [-0.15, -0.1) is 0 Å². The predicted molar refractivity (Wildman–Crippen MR) is 157 cm³/mol. The fraction of sp³-hybridized carbons (Fsp3) is 0.500. The topological polar surface area (TPSA) is 83.5 Å². The summed E-state index contributed by atoms with van der Waals surface area (Å²) >= 11 is 0. The van der Waals surface area contributed by atoms with Crippen LogP contribution in [-0.4, -0.2) is 98.0 Å². The summed E-state index contributed by atoms with van der Waals surface area (Å²) in [5, 5.41) is 0.896. The van der Waals surface area contributed by atoms with Crippen LogP contribution < -0.4 is 19.3 Å². The van der Waals surface area contributed by atoms with Gasteiger partial charge in [0.1, 0.15) is 18.0 Å². The molecule has 2 aliphatic rings. The third-order valence-electron chi connectivity index (χ3n) is 7.20. The number of amides is 1. The molecule has 214 valence electrons. The van der Waals surface area contributed by atoms with Gasteiger partial charge in [0.15, 0.2) is 11.5 Å². The second-order valence-corrected chi connectivity index (χ2v) is 11.4. The Balaban J connectivity index is 1.46. The number of benzene rings is 2. The van der Waals surface area contributed by atoms with E-state index in [1.807, 2.05) is 63.2 Å². The first-order valence-corrected chi connectivity index (χ1v) is 13.9. The van der Waals surface area contributed by atoms with Crippen LogP contribution in [0.5, 0.6) is 11.5 Å². The highest BCUT2D eigenvalue weighted by molar-refractivity contribution is 5.93. The summed E-state index contributed by atoms with van der Waals surface area (Å²) in [6, 6.07) is 14.0. The monoisotopic (exact) mass is 548 g/mol. The maximum atomic E-state index is 12.7. The molecule has 0 saturated carbocycles. The zero-order valence-electron chi connectivity index (χ0n) is 24.2. The van der Waals surface area contributed by atoms with Crippen LogP contribution in [0.25, 0.3) is 10.9 Å². The third kappa shape index (κ3) is 6.50. The number of aromatic nitrogens is 2. The zero-order chi connectivity index (χ0) is 28.3. The van der Waals surface area contributed by atoms with Crippen LogP contribution in [-0.2, 0) is 11.3 Å². The molecule has 2 aromatic carbocycles. The van der Waals surface area contributed by atoms with Crippen LogP contribution >= 0.6 is 0 Å². The molecule has 0 radical (unpaired) electrons. The van der Waals surface area contributed by atoms with E-state index in [0.29, 0.717) is 50.2 Å². The predicted octanol–water partition coefficient (Wildman–Crippen LogP) is 4.03. The van der Waals surface area contributed by atoms with Crippen molar-refractivity contribution in [2.24, 2.45) is 0 Å². The Bertz CT molecular complexity index is 1310. The molecule has 10 nitrogen and oxygen atoms in total. The van der Waals surface area contributed by atoms with E-state index in [2.05, 4.69) is 21.7 Å². The van der Waals surface area contributed by atoms with Crippen LogP contribution in [0.4, 0.5) is 16.6 Å². The van der Waals surface area contributed by atoms with Gasteiger partial charge in [-0.25, -0.2) is 9.78 Å². The molecule has 2 fully saturated rings. The molecule has 3 heterocycles. The molecule has 0 unspecified atom stereocenters. The highest BCUT2D eigenvalue weighted by Crippen LogP contribution is 2.37. The van der Waals surface area contributed by atoms with Crippen molar-refractivity contribution in [3.63, 3.8) is 0 Å². The van der Waals surface area contributed by atoms with Crippen molar-refractivity contribution in [1.29, 1.82) is 0 Å². The van der Waals surface area contributed by atoms with Crippen LogP contribution in [0.1, 0.15) is 26.3 Å². The van der Waals surface area contributed by atoms with E-state index < -0.39 is 5.60 Å². The number of rotatable bonds is 6. The van der Waals surface area contributed by atoms with Gasteiger partial charge in [0.2, 0.25) is 5.95 Å². The lowest BCUT2D eigenvalue weighted by Crippen LogP contribution is -2.50. The van der Waals surface area contributed by atoms with Crippen molar-refractivity contribution in [2.75, 3.05) is 76.3 Å². The molecule has 1 aromatic heterocycles. The number of nitrogens with zero attached hydrogens (tertiary/aromatic N) is 6. The van der Waals surface area contributed by atoms with Gasteiger partial charge < -0.3 is 33.8 Å². The standard InChI is InChI=1S/C30H40N6O4/c1-30(2,3)40-29(37)36-17-15-34(16-18-36)27-23-19-25(38-5)26(39-21-22-9-7-6-8-10-22)20-24(23)31-28(32-27)35-13-11-33(4)12-14-35/h6-10,19-20H,11-18,21H2,1-5H3. The third-order valence-corrected chi connectivity index (χ3v) is 7.20. The van der Waals surface area contributed by atoms with Gasteiger partial charge in [-0.1, -0.05) is 30.3 Å². The summed E-state index contributed by atoms with van der Waals surface area (Å²) in [5.74, 6) is 2.83. The van der Waals surface area contributed by atoms with Crippen LogP contribution in [0.2, 0.25) is 0 Å². The molecule has 1 amide bonds. The normalized spacial score (nSPS) is 16.8. The number of hydrogen-bond donors (Lipinski definition) is 0. The molecule has 3 aromatic rings. The van der Waals surface area contributed by atoms with Crippen molar-refractivity contribution >= 4 is 28.8 Å². The summed E-state index contributed by atoms with van der Waals surface area (Å²) in [7, 11) is 3.78. The van der Waals surface area contributed by atoms with Gasteiger partial charge in [-0.05, 0) is 39.4 Å². The molecule has 0 aliphatic carbocycles. The summed E-state index contributed by atoms with van der Waals surface area (Å²) in [6.07, 6.45) is -0.278. The van der Waals surface area contributed by atoms with Crippen molar-refractivity contribution < 1.29 is 19.0 Å². The Labute approximate surface area is 236 Å². The lowest BCUT2D eigenvalue weighted by atomic mass is 10.1. The summed E-state index contributed by atoms with van der Waals surface area (Å²) < 4.78 is 17.6. The number of likely N-dealkylation sites (N-methyl/N-ethyl adjacent to an activating group) is 1. The number of anilines is 2. The molecule has 0 spiro atoms. The van der Waals surface area contributed by atoms with Crippen molar-refractivity contribution in [2.45, 2.75) is 33.0 Å². The largest absolute Gasteiger partial charge is 0.493 e. The van der Waals surface area contributed by atoms with Gasteiger partial charge >= 0.3 is 6.09 Å². The van der Waals surface area contributed by atoms with E-state index in [-0.39, 0.29) is 6.09 Å². The Hall–Kier alpha value is -3.79. The number of piperazine rings is 2. The quantitative estimate of drug-likeness (QED) is 0.453. The van der Waals surface area contributed by atoms with Crippen molar-refractivity contribution in [1.82, 2.24) is 19.8 Å². The van der Waals surface area contributed by atoms with Gasteiger partial charge in [-0.3, -0.25) is 0 Å². The Morgan fingerprint density at radius 3 is 2.20 bits per heavy atom. The number of carbonyl (C=O) groups is 1. The zero-order valence-corrected chi connectivity index (χ0v) is 24.2. The number of carbonyl (C=O) groups excluding carboxylic acids is 1. The molecule has 2 aliphatic heterocycles. The van der Waals surface area contributed by atoms with Gasteiger partial charge in [0, 0.05) is 63.8 Å². The number of fused-ring (bicyclic) bond motifs is 1. The van der Waals surface area contributed by atoms with Gasteiger partial charge in [0.25, 0.3) is 0 Å². The maximum Gasteiger partial charge on any atom is 0.410 e. The SMILES string of the molecule is COc1cc2c(N3CCN(C(=O)OC(C)(C)C)CC3)nc(N3CCN(C)CC3)nc2cc1OCc1ccccc1. The summed E-state index contributed by atoms with van der Waals surface area (Å²) in [6.45, 7) is 12.1. The molecular weight excluding hydrogens is 508 g/mol. The number of hydrogen-bond acceptors (Lipinski definition) is 9. The molecule has 5 rings (SSSR count). The number of ether oxygens (including phenoxy) is 3. The minimum absolute atomic E-state index is 0.278. The fourth-order valence-electron chi connectivity index (χ4n) is 4.93. The average molecular weight is 549 g/mol. The number of methoxy groups -OCH3 is 1. The van der Waals surface area contributed by atoms with E-state index in [4.69, 9.17) is 24.2 Å². The van der Waals surface area contributed by atoms with Gasteiger partial charge in [0.05, 0.1) is 12.6 Å². The van der Waals surface area contributed by atoms with E-state index in [1.165, 1.54) is 0 Å². The Morgan fingerprint density at radius 2 is 1.55 bits per heavy atom. The average Bonchev–Trinajstić information content (AvgIpc) is 2.95. The highest BCUT2D eigenvalue weighted by atomic mass is 16.6. The van der Waals surface area contributed by atoms with Crippen molar-refractivity contribution in [3.8, 4) is 11.5 Å². The minimum atomic E-state index is -0.522. The lowest BCUT2D eigenvalue weighted by Gasteiger charge is -2.37. The second kappa shape index (κ2) is 11.8. The first kappa shape index (κ1) is 27.8. The second-order valence-electron chi connectivity index (χ2n) is 11.4. The summed E-state index contributed by atoms with van der Waals surface area (Å²) in [5.41, 5.74) is 1.36. The first-order chi connectivity index (χ1) is 19.2. The van der Waals surface area contributed by atoms with Crippen LogP contribution in [0.15, 0.2) is 42.5 Å². The molecule has 2 saturated heterocycles.